The molecule has 2 aliphatic rings. The van der Waals surface area contributed by atoms with E-state index in [0.29, 0.717) is 12.6 Å². The highest BCUT2D eigenvalue weighted by Gasteiger charge is 2.32. The molecule has 2 N–H and O–H groups in total. The van der Waals surface area contributed by atoms with Gasteiger partial charge in [-0.2, -0.15) is 0 Å². The van der Waals surface area contributed by atoms with Gasteiger partial charge < -0.3 is 15.2 Å². The lowest BCUT2D eigenvalue weighted by Crippen LogP contribution is -2.32. The molecule has 4 heteroatoms. The van der Waals surface area contributed by atoms with Crippen LogP contribution in [0.5, 0.6) is 5.75 Å². The minimum Gasteiger partial charge on any atom is -0.490 e. The molecule has 1 aromatic rings. The minimum atomic E-state index is -0.617. The van der Waals surface area contributed by atoms with E-state index in [1.54, 1.807) is 0 Å². The molecule has 0 aromatic heterocycles. The van der Waals surface area contributed by atoms with Crippen molar-refractivity contribution in [1.29, 1.82) is 0 Å². The van der Waals surface area contributed by atoms with E-state index in [0.717, 1.165) is 48.0 Å². The zero-order chi connectivity index (χ0) is 14.0. The predicted molar refractivity (Wildman–Crippen MR) is 82.9 cm³/mol. The molecule has 2 fully saturated rings. The third kappa shape index (κ3) is 3.74. The van der Waals surface area contributed by atoms with Gasteiger partial charge in [-0.3, -0.25) is 0 Å². The number of rotatable bonds is 6. The van der Waals surface area contributed by atoms with Gasteiger partial charge in [0.15, 0.2) is 0 Å². The first-order chi connectivity index (χ1) is 9.65. The Kier molecular flexibility index (Phi) is 4.34. The zero-order valence-corrected chi connectivity index (χ0v) is 13.3. The van der Waals surface area contributed by atoms with Crippen LogP contribution in [0.1, 0.15) is 44.1 Å². The molecule has 2 aliphatic carbocycles. The summed E-state index contributed by atoms with van der Waals surface area (Å²) >= 11 is 3.51. The van der Waals surface area contributed by atoms with Crippen LogP contribution in [0.2, 0.25) is 0 Å². The van der Waals surface area contributed by atoms with Gasteiger partial charge in [0, 0.05) is 22.6 Å². The molecule has 3 nitrogen and oxygen atoms in total. The smallest absolute Gasteiger partial charge is 0.124 e. The molecule has 2 saturated carbocycles. The SMILES string of the molecule is OC1(COc2ccc(Br)cc2CNC2CC2)CCCC1. The predicted octanol–water partition coefficient (Wildman–Crippen LogP) is 3.39. The molecule has 0 heterocycles. The lowest BCUT2D eigenvalue weighted by atomic mass is 10.0. The Balaban J connectivity index is 1.64. The molecule has 0 atom stereocenters. The molecule has 0 saturated heterocycles. The fourth-order valence-corrected chi connectivity index (χ4v) is 3.17. The molecule has 1 aromatic carbocycles. The molecule has 0 spiro atoms. The van der Waals surface area contributed by atoms with Crippen LogP contribution in [0.3, 0.4) is 0 Å². The summed E-state index contributed by atoms with van der Waals surface area (Å²) in [5.74, 6) is 0.890. The van der Waals surface area contributed by atoms with Crippen molar-refractivity contribution in [2.75, 3.05) is 6.61 Å². The molecule has 0 aliphatic heterocycles. The monoisotopic (exact) mass is 339 g/mol. The molecule has 0 bridgehead atoms. The Morgan fingerprint density at radius 3 is 2.75 bits per heavy atom. The van der Waals surface area contributed by atoms with Crippen molar-refractivity contribution >= 4 is 15.9 Å². The van der Waals surface area contributed by atoms with Crippen LogP contribution in [0, 0.1) is 0 Å². The number of nitrogens with one attached hydrogen (secondary N) is 1. The average molecular weight is 340 g/mol. The Bertz CT molecular complexity index is 468. The Morgan fingerprint density at radius 2 is 2.05 bits per heavy atom. The summed E-state index contributed by atoms with van der Waals surface area (Å²) in [6.07, 6.45) is 6.50. The summed E-state index contributed by atoms with van der Waals surface area (Å²) in [7, 11) is 0. The van der Waals surface area contributed by atoms with Crippen LogP contribution in [0.4, 0.5) is 0 Å². The standard InChI is InChI=1S/C16H22BrNO2/c17-13-3-6-15(12(9-13)10-18-14-4-5-14)20-11-16(19)7-1-2-8-16/h3,6,9,14,18-19H,1-2,4-5,7-8,10-11H2. The van der Waals surface area contributed by atoms with Gasteiger partial charge >= 0.3 is 0 Å². The van der Waals surface area contributed by atoms with Crippen molar-refractivity contribution in [2.24, 2.45) is 0 Å². The van der Waals surface area contributed by atoms with E-state index in [1.807, 2.05) is 12.1 Å². The molecule has 0 amide bonds. The fraction of sp³-hybridized carbons (Fsp3) is 0.625. The topological polar surface area (TPSA) is 41.5 Å². The van der Waals surface area contributed by atoms with E-state index in [9.17, 15) is 5.11 Å². The lowest BCUT2D eigenvalue weighted by Gasteiger charge is -2.23. The number of hydrogen-bond acceptors (Lipinski definition) is 3. The minimum absolute atomic E-state index is 0.408. The molecular weight excluding hydrogens is 318 g/mol. The normalized spacial score (nSPS) is 21.1. The third-order valence-electron chi connectivity index (χ3n) is 4.21. The summed E-state index contributed by atoms with van der Waals surface area (Å²) in [5, 5.41) is 13.9. The van der Waals surface area contributed by atoms with Crippen molar-refractivity contribution in [1.82, 2.24) is 5.32 Å². The maximum absolute atomic E-state index is 10.4. The van der Waals surface area contributed by atoms with E-state index in [2.05, 4.69) is 27.3 Å². The van der Waals surface area contributed by atoms with E-state index >= 15 is 0 Å². The molecule has 0 radical (unpaired) electrons. The van der Waals surface area contributed by atoms with Crippen molar-refractivity contribution in [3.8, 4) is 5.75 Å². The molecule has 0 unspecified atom stereocenters. The van der Waals surface area contributed by atoms with Gasteiger partial charge in [0.2, 0.25) is 0 Å². The number of ether oxygens (including phenoxy) is 1. The van der Waals surface area contributed by atoms with Gasteiger partial charge in [-0.05, 0) is 43.9 Å². The van der Waals surface area contributed by atoms with Gasteiger partial charge in [0.1, 0.15) is 12.4 Å². The first-order valence-electron chi connectivity index (χ1n) is 7.52. The number of aliphatic hydroxyl groups is 1. The van der Waals surface area contributed by atoms with E-state index in [-0.39, 0.29) is 0 Å². The summed E-state index contributed by atoms with van der Waals surface area (Å²) in [4.78, 5) is 0. The number of benzene rings is 1. The van der Waals surface area contributed by atoms with Crippen molar-refractivity contribution < 1.29 is 9.84 Å². The van der Waals surface area contributed by atoms with Crippen LogP contribution >= 0.6 is 15.9 Å². The number of hydrogen-bond donors (Lipinski definition) is 2. The second kappa shape index (κ2) is 6.04. The van der Waals surface area contributed by atoms with Gasteiger partial charge in [-0.25, -0.2) is 0 Å². The highest BCUT2D eigenvalue weighted by atomic mass is 79.9. The summed E-state index contributed by atoms with van der Waals surface area (Å²) < 4.78 is 6.99. The lowest BCUT2D eigenvalue weighted by molar-refractivity contribution is 0.00111. The molecular formula is C16H22BrNO2. The Morgan fingerprint density at radius 1 is 1.30 bits per heavy atom. The van der Waals surface area contributed by atoms with Gasteiger partial charge in [0.05, 0.1) is 5.60 Å². The van der Waals surface area contributed by atoms with E-state index < -0.39 is 5.60 Å². The fourth-order valence-electron chi connectivity index (χ4n) is 2.76. The van der Waals surface area contributed by atoms with Crippen LogP contribution < -0.4 is 10.1 Å². The first kappa shape index (κ1) is 14.4. The summed E-state index contributed by atoms with van der Waals surface area (Å²) in [6.45, 7) is 1.24. The van der Waals surface area contributed by atoms with Crippen molar-refractivity contribution in [3.05, 3.63) is 28.2 Å². The van der Waals surface area contributed by atoms with Gasteiger partial charge in [0.25, 0.3) is 0 Å². The van der Waals surface area contributed by atoms with Gasteiger partial charge in [-0.15, -0.1) is 0 Å². The van der Waals surface area contributed by atoms with Crippen molar-refractivity contribution in [2.45, 2.75) is 56.7 Å². The van der Waals surface area contributed by atoms with Crippen LogP contribution in [0.15, 0.2) is 22.7 Å². The summed E-state index contributed by atoms with van der Waals surface area (Å²) in [6, 6.07) is 6.77. The molecule has 3 rings (SSSR count). The maximum atomic E-state index is 10.4. The third-order valence-corrected chi connectivity index (χ3v) is 4.70. The summed E-state index contributed by atoms with van der Waals surface area (Å²) in [5.41, 5.74) is 0.543. The number of halogens is 1. The second-order valence-corrected chi connectivity index (χ2v) is 7.04. The van der Waals surface area contributed by atoms with Crippen LogP contribution in [-0.4, -0.2) is 23.4 Å². The van der Waals surface area contributed by atoms with Gasteiger partial charge in [-0.1, -0.05) is 28.8 Å². The maximum Gasteiger partial charge on any atom is 0.124 e. The zero-order valence-electron chi connectivity index (χ0n) is 11.7. The Hall–Kier alpha value is -0.580. The molecule has 20 heavy (non-hydrogen) atoms. The quantitative estimate of drug-likeness (QED) is 0.834. The van der Waals surface area contributed by atoms with E-state index in [4.69, 9.17) is 4.74 Å². The van der Waals surface area contributed by atoms with Crippen LogP contribution in [-0.2, 0) is 6.54 Å². The highest BCUT2D eigenvalue weighted by Crippen LogP contribution is 2.31. The van der Waals surface area contributed by atoms with E-state index in [1.165, 1.54) is 12.8 Å². The van der Waals surface area contributed by atoms with Crippen molar-refractivity contribution in [3.63, 3.8) is 0 Å². The van der Waals surface area contributed by atoms with Crippen LogP contribution in [0.25, 0.3) is 0 Å². The second-order valence-electron chi connectivity index (χ2n) is 6.13. The highest BCUT2D eigenvalue weighted by molar-refractivity contribution is 9.10. The first-order valence-corrected chi connectivity index (χ1v) is 8.31. The largest absolute Gasteiger partial charge is 0.490 e. The average Bonchev–Trinajstić information content (AvgIpc) is 3.17. The molecule has 110 valence electrons. The Labute approximate surface area is 128 Å².